The van der Waals surface area contributed by atoms with Gasteiger partial charge in [-0.3, -0.25) is 4.79 Å². The molecule has 1 aromatic rings. The molecule has 0 saturated heterocycles. The fourth-order valence-corrected chi connectivity index (χ4v) is 1.90. The molecular weight excluding hydrogens is 270 g/mol. The van der Waals surface area contributed by atoms with Crippen LogP contribution in [0.3, 0.4) is 0 Å². The zero-order valence-corrected chi connectivity index (χ0v) is 11.0. The van der Waals surface area contributed by atoms with Crippen molar-refractivity contribution < 1.29 is 9.53 Å². The lowest BCUT2D eigenvalue weighted by molar-refractivity contribution is 0.0826. The van der Waals surface area contributed by atoms with E-state index in [1.54, 1.807) is 25.1 Å². The lowest BCUT2D eigenvalue weighted by Crippen LogP contribution is -2.22. The van der Waals surface area contributed by atoms with Gasteiger partial charge in [-0.2, -0.15) is 0 Å². The normalized spacial score (nSPS) is 14.7. The number of nitrogens with zero attached hydrogens (tertiary/aromatic N) is 1. The Balaban J connectivity index is 2.27. The first kappa shape index (κ1) is 11.5. The van der Waals surface area contributed by atoms with Crippen LogP contribution in [0.15, 0.2) is 22.7 Å². The number of halogens is 1. The number of ether oxygens (including phenoxy) is 1. The number of amides is 1. The summed E-state index contributed by atoms with van der Waals surface area (Å²) in [6.45, 7) is 0. The number of hydrogen-bond acceptors (Lipinski definition) is 2. The van der Waals surface area contributed by atoms with Crippen LogP contribution >= 0.6 is 15.9 Å². The van der Waals surface area contributed by atoms with E-state index in [-0.39, 0.29) is 5.91 Å². The van der Waals surface area contributed by atoms with Crippen molar-refractivity contribution in [3.05, 3.63) is 28.2 Å². The van der Waals surface area contributed by atoms with Gasteiger partial charge in [0.15, 0.2) is 0 Å². The van der Waals surface area contributed by atoms with E-state index in [1.165, 1.54) is 0 Å². The van der Waals surface area contributed by atoms with Crippen LogP contribution in [0.25, 0.3) is 0 Å². The van der Waals surface area contributed by atoms with E-state index in [4.69, 9.17) is 4.74 Å². The van der Waals surface area contributed by atoms with Crippen LogP contribution in [0, 0.1) is 0 Å². The minimum atomic E-state index is -0.0203. The van der Waals surface area contributed by atoms with Crippen molar-refractivity contribution in [1.82, 2.24) is 4.90 Å². The summed E-state index contributed by atoms with van der Waals surface area (Å²) < 4.78 is 6.46. The molecule has 0 aromatic heterocycles. The molecule has 16 heavy (non-hydrogen) atoms. The van der Waals surface area contributed by atoms with Crippen LogP contribution in [0.2, 0.25) is 0 Å². The smallest absolute Gasteiger partial charge is 0.254 e. The van der Waals surface area contributed by atoms with E-state index in [9.17, 15) is 4.79 Å². The van der Waals surface area contributed by atoms with Crippen molar-refractivity contribution in [3.8, 4) is 5.75 Å². The van der Waals surface area contributed by atoms with Crippen molar-refractivity contribution >= 4 is 21.8 Å². The van der Waals surface area contributed by atoms with Crippen LogP contribution in [-0.4, -0.2) is 31.0 Å². The molecule has 4 heteroatoms. The fourth-order valence-electron chi connectivity index (χ4n) is 1.37. The summed E-state index contributed by atoms with van der Waals surface area (Å²) >= 11 is 3.43. The summed E-state index contributed by atoms with van der Waals surface area (Å²) in [5, 5.41) is 0. The predicted octanol–water partition coefficient (Wildman–Crippen LogP) is 2.69. The number of hydrogen-bond donors (Lipinski definition) is 0. The maximum atomic E-state index is 11.9. The van der Waals surface area contributed by atoms with Gasteiger partial charge in [-0.15, -0.1) is 0 Å². The highest BCUT2D eigenvalue weighted by molar-refractivity contribution is 9.10. The topological polar surface area (TPSA) is 29.5 Å². The van der Waals surface area contributed by atoms with E-state index < -0.39 is 0 Å². The molecule has 1 fully saturated rings. The van der Waals surface area contributed by atoms with Gasteiger partial charge in [0.2, 0.25) is 0 Å². The van der Waals surface area contributed by atoms with E-state index in [0.717, 1.165) is 23.1 Å². The number of rotatable bonds is 3. The monoisotopic (exact) mass is 283 g/mol. The summed E-state index contributed by atoms with van der Waals surface area (Å²) in [7, 11) is 3.48. The zero-order valence-electron chi connectivity index (χ0n) is 9.37. The van der Waals surface area contributed by atoms with E-state index in [0.29, 0.717) is 11.7 Å². The summed E-state index contributed by atoms with van der Waals surface area (Å²) in [6, 6.07) is 5.53. The van der Waals surface area contributed by atoms with Gasteiger partial charge in [-0.1, -0.05) is 6.07 Å². The Morgan fingerprint density at radius 3 is 2.69 bits per heavy atom. The van der Waals surface area contributed by atoms with E-state index in [1.807, 2.05) is 12.1 Å². The highest BCUT2D eigenvalue weighted by atomic mass is 79.9. The Labute approximate surface area is 104 Å². The zero-order chi connectivity index (χ0) is 11.7. The molecule has 0 bridgehead atoms. The molecule has 86 valence electrons. The quantitative estimate of drug-likeness (QED) is 0.854. The predicted molar refractivity (Wildman–Crippen MR) is 65.8 cm³/mol. The van der Waals surface area contributed by atoms with Crippen molar-refractivity contribution in [2.45, 2.75) is 18.9 Å². The molecule has 0 N–H and O–H groups in total. The highest BCUT2D eigenvalue weighted by Gasteiger charge is 2.25. The van der Waals surface area contributed by atoms with E-state index >= 15 is 0 Å². The summed E-state index contributed by atoms with van der Waals surface area (Å²) in [5.74, 6) is 0.739. The molecule has 1 aromatic carbocycles. The molecule has 0 spiro atoms. The van der Waals surface area contributed by atoms with Crippen molar-refractivity contribution in [3.63, 3.8) is 0 Å². The average Bonchev–Trinajstić information content (AvgIpc) is 3.04. The van der Waals surface area contributed by atoms with Crippen LogP contribution in [0.1, 0.15) is 23.2 Å². The molecule has 0 atom stereocenters. The second kappa shape index (κ2) is 4.45. The third-order valence-electron chi connectivity index (χ3n) is 2.42. The minimum Gasteiger partial charge on any atom is -0.489 e. The lowest BCUT2D eigenvalue weighted by Gasteiger charge is -2.14. The molecule has 3 nitrogen and oxygen atoms in total. The number of carbonyl (C=O) groups is 1. The molecule has 0 unspecified atom stereocenters. The minimum absolute atomic E-state index is 0.0203. The SMILES string of the molecule is CN(C)C(=O)c1cccc(OC2CC2)c1Br. The van der Waals surface area contributed by atoms with Crippen molar-refractivity contribution in [2.75, 3.05) is 14.1 Å². The summed E-state index contributed by atoms with van der Waals surface area (Å²) in [5.41, 5.74) is 0.642. The van der Waals surface area contributed by atoms with Gasteiger partial charge < -0.3 is 9.64 Å². The molecule has 1 amide bonds. The Hall–Kier alpha value is -1.03. The van der Waals surface area contributed by atoms with Crippen LogP contribution in [0.4, 0.5) is 0 Å². The highest BCUT2D eigenvalue weighted by Crippen LogP contribution is 2.34. The molecule has 0 radical (unpaired) electrons. The maximum Gasteiger partial charge on any atom is 0.254 e. The van der Waals surface area contributed by atoms with Gasteiger partial charge in [-0.25, -0.2) is 0 Å². The molecular formula is C12H14BrNO2. The standard InChI is InChI=1S/C12H14BrNO2/c1-14(2)12(15)9-4-3-5-10(11(9)13)16-8-6-7-8/h3-5,8H,6-7H2,1-2H3. The Bertz CT molecular complexity index is 413. The third kappa shape index (κ3) is 2.38. The van der Waals surface area contributed by atoms with Gasteiger partial charge >= 0.3 is 0 Å². The second-order valence-corrected chi connectivity index (χ2v) is 4.93. The first-order valence-electron chi connectivity index (χ1n) is 5.26. The average molecular weight is 284 g/mol. The largest absolute Gasteiger partial charge is 0.489 e. The molecule has 1 aliphatic rings. The summed E-state index contributed by atoms with van der Waals surface area (Å²) in [4.78, 5) is 13.4. The first-order valence-corrected chi connectivity index (χ1v) is 6.05. The lowest BCUT2D eigenvalue weighted by atomic mass is 10.2. The van der Waals surface area contributed by atoms with Crippen molar-refractivity contribution in [1.29, 1.82) is 0 Å². The van der Waals surface area contributed by atoms with Gasteiger partial charge in [0, 0.05) is 14.1 Å². The van der Waals surface area contributed by atoms with Gasteiger partial charge in [-0.05, 0) is 40.9 Å². The number of carbonyl (C=O) groups excluding carboxylic acids is 1. The molecule has 0 aliphatic heterocycles. The molecule has 0 heterocycles. The van der Waals surface area contributed by atoms with Crippen molar-refractivity contribution in [2.24, 2.45) is 0 Å². The Morgan fingerprint density at radius 2 is 2.12 bits per heavy atom. The Morgan fingerprint density at radius 1 is 1.44 bits per heavy atom. The molecule has 1 saturated carbocycles. The molecule has 2 rings (SSSR count). The summed E-state index contributed by atoms with van der Waals surface area (Å²) in [6.07, 6.45) is 2.55. The second-order valence-electron chi connectivity index (χ2n) is 4.13. The number of benzene rings is 1. The maximum absolute atomic E-state index is 11.9. The van der Waals surface area contributed by atoms with Crippen LogP contribution in [0.5, 0.6) is 5.75 Å². The van der Waals surface area contributed by atoms with Crippen LogP contribution < -0.4 is 4.74 Å². The first-order chi connectivity index (χ1) is 7.59. The van der Waals surface area contributed by atoms with Gasteiger partial charge in [0.25, 0.3) is 5.91 Å². The van der Waals surface area contributed by atoms with Crippen LogP contribution in [-0.2, 0) is 0 Å². The van der Waals surface area contributed by atoms with Gasteiger partial charge in [0.1, 0.15) is 5.75 Å². The third-order valence-corrected chi connectivity index (χ3v) is 3.24. The molecule has 1 aliphatic carbocycles. The van der Waals surface area contributed by atoms with E-state index in [2.05, 4.69) is 15.9 Å². The van der Waals surface area contributed by atoms with Gasteiger partial charge in [0.05, 0.1) is 16.1 Å². The Kier molecular flexibility index (Phi) is 3.19. The fraction of sp³-hybridized carbons (Fsp3) is 0.417.